The fourth-order valence-electron chi connectivity index (χ4n) is 2.98. The molecule has 1 aromatic carbocycles. The normalized spacial score (nSPS) is 17.9. The van der Waals surface area contributed by atoms with E-state index in [1.165, 1.54) is 23.5 Å². The molecular formula is C16H15Cl2F3N2S. The predicted molar refractivity (Wildman–Crippen MR) is 92.1 cm³/mol. The standard InChI is InChI=1S/C16H15Cl2F3N2S/c17-11-3-1-2-10(16(19,20)21)14(11)15(12-4-5-13(18)24-12)23-8-6-22-7-9-23/h1-5,15,22H,6-9H2/t15-/m0/s1. The van der Waals surface area contributed by atoms with Gasteiger partial charge in [0.15, 0.2) is 0 Å². The minimum absolute atomic E-state index is 0.104. The van der Waals surface area contributed by atoms with Crippen LogP contribution in [0, 0.1) is 0 Å². The van der Waals surface area contributed by atoms with Crippen LogP contribution in [0.1, 0.15) is 22.0 Å². The number of hydrogen-bond donors (Lipinski definition) is 1. The van der Waals surface area contributed by atoms with Crippen molar-refractivity contribution in [2.24, 2.45) is 0 Å². The Morgan fingerprint density at radius 1 is 1.08 bits per heavy atom. The van der Waals surface area contributed by atoms with Gasteiger partial charge in [0, 0.05) is 41.6 Å². The summed E-state index contributed by atoms with van der Waals surface area (Å²) < 4.78 is 41.2. The van der Waals surface area contributed by atoms with Crippen LogP contribution in [-0.2, 0) is 6.18 Å². The molecule has 0 aliphatic carbocycles. The van der Waals surface area contributed by atoms with Crippen LogP contribution < -0.4 is 5.32 Å². The molecule has 1 atom stereocenters. The molecule has 0 saturated carbocycles. The molecule has 3 rings (SSSR count). The van der Waals surface area contributed by atoms with Gasteiger partial charge in [-0.2, -0.15) is 13.2 Å². The second kappa shape index (κ2) is 7.22. The number of hydrogen-bond acceptors (Lipinski definition) is 3. The van der Waals surface area contributed by atoms with Crippen LogP contribution >= 0.6 is 34.5 Å². The van der Waals surface area contributed by atoms with Gasteiger partial charge in [0.05, 0.1) is 15.9 Å². The molecule has 0 bridgehead atoms. The van der Waals surface area contributed by atoms with Crippen LogP contribution in [0.25, 0.3) is 0 Å². The lowest BCUT2D eigenvalue weighted by molar-refractivity contribution is -0.138. The van der Waals surface area contributed by atoms with Crippen molar-refractivity contribution in [3.63, 3.8) is 0 Å². The summed E-state index contributed by atoms with van der Waals surface area (Å²) in [4.78, 5) is 2.79. The van der Waals surface area contributed by atoms with E-state index in [0.29, 0.717) is 17.4 Å². The summed E-state index contributed by atoms with van der Waals surface area (Å²) in [5, 5.41) is 3.34. The average molecular weight is 395 g/mol. The van der Waals surface area contributed by atoms with Gasteiger partial charge in [-0.05, 0) is 24.3 Å². The highest BCUT2D eigenvalue weighted by Gasteiger charge is 2.39. The van der Waals surface area contributed by atoms with Crippen LogP contribution in [-0.4, -0.2) is 31.1 Å². The zero-order valence-electron chi connectivity index (χ0n) is 12.5. The maximum atomic E-state index is 13.6. The molecule has 2 nitrogen and oxygen atoms in total. The third-order valence-electron chi connectivity index (χ3n) is 4.01. The van der Waals surface area contributed by atoms with E-state index in [1.54, 1.807) is 12.1 Å². The molecule has 2 heterocycles. The summed E-state index contributed by atoms with van der Waals surface area (Å²) in [6, 6.07) is 6.87. The molecule has 1 aromatic heterocycles. The zero-order chi connectivity index (χ0) is 17.3. The summed E-state index contributed by atoms with van der Waals surface area (Å²) in [6.07, 6.45) is -4.46. The quantitative estimate of drug-likeness (QED) is 0.781. The van der Waals surface area contributed by atoms with Gasteiger partial charge in [-0.15, -0.1) is 11.3 Å². The molecule has 1 N–H and O–H groups in total. The number of alkyl halides is 3. The Balaban J connectivity index is 2.15. The first kappa shape index (κ1) is 18.0. The van der Waals surface area contributed by atoms with Gasteiger partial charge < -0.3 is 5.32 Å². The third-order valence-corrected chi connectivity index (χ3v) is 5.63. The maximum Gasteiger partial charge on any atom is 0.416 e. The Kier molecular flexibility index (Phi) is 5.42. The smallest absolute Gasteiger partial charge is 0.314 e. The van der Waals surface area contributed by atoms with Gasteiger partial charge in [-0.25, -0.2) is 0 Å². The average Bonchev–Trinajstić information content (AvgIpc) is 2.95. The maximum absolute atomic E-state index is 13.6. The van der Waals surface area contributed by atoms with E-state index in [1.807, 2.05) is 4.90 Å². The Labute approximate surface area is 152 Å². The second-order valence-corrected chi connectivity index (χ2v) is 7.68. The van der Waals surface area contributed by atoms with Crippen molar-refractivity contribution in [2.75, 3.05) is 26.2 Å². The molecule has 2 aromatic rings. The van der Waals surface area contributed by atoms with Crippen molar-refractivity contribution in [3.05, 3.63) is 55.7 Å². The lowest BCUT2D eigenvalue weighted by Gasteiger charge is -2.36. The molecule has 0 radical (unpaired) electrons. The second-order valence-electron chi connectivity index (χ2n) is 5.53. The molecule has 1 fully saturated rings. The number of benzene rings is 1. The number of nitrogens with zero attached hydrogens (tertiary/aromatic N) is 1. The lowest BCUT2D eigenvalue weighted by Crippen LogP contribution is -2.45. The van der Waals surface area contributed by atoms with E-state index in [-0.39, 0.29) is 10.6 Å². The minimum atomic E-state index is -4.46. The number of thiophene rings is 1. The van der Waals surface area contributed by atoms with Crippen LogP contribution in [0.15, 0.2) is 30.3 Å². The fraction of sp³-hybridized carbons (Fsp3) is 0.375. The Bertz CT molecular complexity index is 712. The number of piperazine rings is 1. The highest BCUT2D eigenvalue weighted by Crippen LogP contribution is 2.44. The van der Waals surface area contributed by atoms with Gasteiger partial charge >= 0.3 is 6.18 Å². The molecule has 24 heavy (non-hydrogen) atoms. The van der Waals surface area contributed by atoms with Crippen LogP contribution in [0.3, 0.4) is 0 Å². The van der Waals surface area contributed by atoms with Crippen molar-refractivity contribution >= 4 is 34.5 Å². The first-order chi connectivity index (χ1) is 11.4. The molecule has 8 heteroatoms. The molecule has 1 saturated heterocycles. The summed E-state index contributed by atoms with van der Waals surface area (Å²) in [5.41, 5.74) is -0.588. The summed E-state index contributed by atoms with van der Waals surface area (Å²) in [5.74, 6) is 0. The zero-order valence-corrected chi connectivity index (χ0v) is 14.9. The van der Waals surface area contributed by atoms with E-state index in [4.69, 9.17) is 23.2 Å². The lowest BCUT2D eigenvalue weighted by atomic mass is 9.96. The topological polar surface area (TPSA) is 15.3 Å². The first-order valence-electron chi connectivity index (χ1n) is 7.43. The highest BCUT2D eigenvalue weighted by molar-refractivity contribution is 7.16. The monoisotopic (exact) mass is 394 g/mol. The number of rotatable bonds is 3. The van der Waals surface area contributed by atoms with Gasteiger partial charge in [0.2, 0.25) is 0 Å². The molecule has 0 unspecified atom stereocenters. The molecular weight excluding hydrogens is 380 g/mol. The molecule has 1 aliphatic rings. The summed E-state index contributed by atoms with van der Waals surface area (Å²) >= 11 is 13.6. The summed E-state index contributed by atoms with van der Waals surface area (Å²) in [7, 11) is 0. The fourth-order valence-corrected chi connectivity index (χ4v) is 4.47. The molecule has 1 aliphatic heterocycles. The van der Waals surface area contributed by atoms with E-state index in [2.05, 4.69) is 5.32 Å². The largest absolute Gasteiger partial charge is 0.416 e. The van der Waals surface area contributed by atoms with Gasteiger partial charge in [0.1, 0.15) is 0 Å². The van der Waals surface area contributed by atoms with Crippen molar-refractivity contribution in [1.29, 1.82) is 0 Å². The van der Waals surface area contributed by atoms with E-state index < -0.39 is 17.8 Å². The van der Waals surface area contributed by atoms with E-state index in [0.717, 1.165) is 24.0 Å². The molecule has 0 amide bonds. The van der Waals surface area contributed by atoms with Crippen LogP contribution in [0.5, 0.6) is 0 Å². The van der Waals surface area contributed by atoms with Gasteiger partial charge in [0.25, 0.3) is 0 Å². The van der Waals surface area contributed by atoms with Crippen molar-refractivity contribution in [2.45, 2.75) is 12.2 Å². The number of nitrogens with one attached hydrogen (secondary N) is 1. The Morgan fingerprint density at radius 2 is 1.79 bits per heavy atom. The molecule has 130 valence electrons. The van der Waals surface area contributed by atoms with E-state index >= 15 is 0 Å². The summed E-state index contributed by atoms with van der Waals surface area (Å²) in [6.45, 7) is 2.73. The van der Waals surface area contributed by atoms with Crippen molar-refractivity contribution < 1.29 is 13.2 Å². The van der Waals surface area contributed by atoms with Gasteiger partial charge in [-0.1, -0.05) is 29.3 Å². The van der Waals surface area contributed by atoms with Crippen LogP contribution in [0.2, 0.25) is 9.36 Å². The van der Waals surface area contributed by atoms with Crippen molar-refractivity contribution in [1.82, 2.24) is 10.2 Å². The minimum Gasteiger partial charge on any atom is -0.314 e. The SMILES string of the molecule is FC(F)(F)c1cccc(Cl)c1[C@H](c1ccc(Cl)s1)N1CCNCC1. The van der Waals surface area contributed by atoms with Crippen molar-refractivity contribution in [3.8, 4) is 0 Å². The third kappa shape index (κ3) is 3.73. The highest BCUT2D eigenvalue weighted by atomic mass is 35.5. The van der Waals surface area contributed by atoms with Crippen LogP contribution in [0.4, 0.5) is 13.2 Å². The molecule has 0 spiro atoms. The van der Waals surface area contributed by atoms with Gasteiger partial charge in [-0.3, -0.25) is 4.90 Å². The number of halogens is 5. The van der Waals surface area contributed by atoms with E-state index in [9.17, 15) is 13.2 Å². The predicted octanol–water partition coefficient (Wildman–Crippen LogP) is 5.07. The Morgan fingerprint density at radius 3 is 2.38 bits per heavy atom. The first-order valence-corrected chi connectivity index (χ1v) is 9.01. The Hall–Kier alpha value is -0.790.